The molecule has 0 saturated carbocycles. The van der Waals surface area contributed by atoms with Crippen LogP contribution in [0.2, 0.25) is 5.15 Å². The third kappa shape index (κ3) is 4.44. The van der Waals surface area contributed by atoms with Crippen molar-refractivity contribution in [3.8, 4) is 0 Å². The first-order valence-corrected chi connectivity index (χ1v) is 12.2. The number of pyridine rings is 1. The Bertz CT molecular complexity index is 1310. The SMILES string of the molecule is CC[C@H]1C(C=O)N(Cc2ccc3c(N)ncnc3c2)CCN1Cc1cc2ccc(Cl)nc2s1. The number of aldehydes is 1. The number of benzene rings is 1. The van der Waals surface area contributed by atoms with E-state index in [0.29, 0.717) is 17.5 Å². The number of carbonyl (C=O) groups excluding carboxylic acids is 1. The number of hydrogen-bond donors (Lipinski definition) is 1. The van der Waals surface area contributed by atoms with Crippen LogP contribution in [-0.2, 0) is 17.9 Å². The lowest BCUT2D eigenvalue weighted by Gasteiger charge is -2.45. The number of thiophene rings is 1. The van der Waals surface area contributed by atoms with Gasteiger partial charge in [0, 0.05) is 47.9 Å². The Balaban J connectivity index is 1.34. The van der Waals surface area contributed by atoms with Gasteiger partial charge in [-0.1, -0.05) is 24.6 Å². The fourth-order valence-corrected chi connectivity index (χ4v) is 6.02. The predicted octanol–water partition coefficient (Wildman–Crippen LogP) is 4.14. The average Bonchev–Trinajstić information content (AvgIpc) is 3.21. The van der Waals surface area contributed by atoms with Gasteiger partial charge in [-0.3, -0.25) is 9.80 Å². The number of nitrogen functional groups attached to an aromatic ring is 1. The van der Waals surface area contributed by atoms with Crippen molar-refractivity contribution in [3.05, 3.63) is 58.3 Å². The molecule has 2 atom stereocenters. The van der Waals surface area contributed by atoms with E-state index in [1.165, 1.54) is 11.2 Å². The number of hydrogen-bond acceptors (Lipinski definition) is 8. The van der Waals surface area contributed by atoms with Gasteiger partial charge in [-0.25, -0.2) is 15.0 Å². The zero-order valence-electron chi connectivity index (χ0n) is 18.3. The van der Waals surface area contributed by atoms with Gasteiger partial charge >= 0.3 is 0 Å². The molecular weight excluding hydrogens is 456 g/mol. The van der Waals surface area contributed by atoms with Crippen molar-refractivity contribution in [2.75, 3.05) is 18.8 Å². The summed E-state index contributed by atoms with van der Waals surface area (Å²) in [6, 6.07) is 12.0. The summed E-state index contributed by atoms with van der Waals surface area (Å²) in [4.78, 5) is 32.0. The lowest BCUT2D eigenvalue weighted by atomic mass is 9.98. The number of anilines is 1. The van der Waals surface area contributed by atoms with Crippen LogP contribution in [0.4, 0.5) is 5.82 Å². The van der Waals surface area contributed by atoms with E-state index in [0.717, 1.165) is 59.0 Å². The Labute approximate surface area is 201 Å². The van der Waals surface area contributed by atoms with Gasteiger partial charge in [0.1, 0.15) is 28.4 Å². The highest BCUT2D eigenvalue weighted by Gasteiger charge is 2.35. The maximum absolute atomic E-state index is 12.2. The number of nitrogens with two attached hydrogens (primary N) is 1. The van der Waals surface area contributed by atoms with E-state index >= 15 is 0 Å². The smallest absolute Gasteiger partial charge is 0.138 e. The van der Waals surface area contributed by atoms with Crippen LogP contribution < -0.4 is 5.73 Å². The standard InChI is InChI=1S/C24H25ClN6OS/c1-2-20-21(13-32)30(11-15-3-5-18-19(9-15)27-14-28-23(18)26)7-8-31(20)12-17-10-16-4-6-22(25)29-24(16)33-17/h3-6,9-10,13-14,20-21H,2,7-8,11-12H2,1H3,(H2,26,27,28)/t20-,21?/m0/s1. The van der Waals surface area contributed by atoms with Crippen LogP contribution in [0.5, 0.6) is 0 Å². The van der Waals surface area contributed by atoms with E-state index in [2.05, 4.69) is 37.7 Å². The third-order valence-corrected chi connectivity index (χ3v) is 7.63. The summed E-state index contributed by atoms with van der Waals surface area (Å²) >= 11 is 7.72. The van der Waals surface area contributed by atoms with Crippen LogP contribution >= 0.6 is 22.9 Å². The second kappa shape index (κ2) is 9.30. The van der Waals surface area contributed by atoms with Gasteiger partial charge in [0.25, 0.3) is 0 Å². The van der Waals surface area contributed by atoms with E-state index in [-0.39, 0.29) is 12.1 Å². The van der Waals surface area contributed by atoms with Crippen LogP contribution in [0, 0.1) is 0 Å². The van der Waals surface area contributed by atoms with Crippen LogP contribution in [0.3, 0.4) is 0 Å². The number of carbonyl (C=O) groups is 1. The zero-order valence-corrected chi connectivity index (χ0v) is 19.9. The number of nitrogens with zero attached hydrogens (tertiary/aromatic N) is 5. The molecule has 1 saturated heterocycles. The first-order chi connectivity index (χ1) is 16.1. The largest absolute Gasteiger partial charge is 0.383 e. The van der Waals surface area contributed by atoms with Gasteiger partial charge in [0.05, 0.1) is 11.6 Å². The molecule has 1 aliphatic heterocycles. The van der Waals surface area contributed by atoms with Crippen molar-refractivity contribution >= 4 is 56.2 Å². The number of piperazine rings is 1. The summed E-state index contributed by atoms with van der Waals surface area (Å²) < 4.78 is 0. The van der Waals surface area contributed by atoms with Crippen LogP contribution in [-0.4, -0.2) is 56.2 Å². The highest BCUT2D eigenvalue weighted by Crippen LogP contribution is 2.29. The molecule has 4 heterocycles. The molecule has 33 heavy (non-hydrogen) atoms. The summed E-state index contributed by atoms with van der Waals surface area (Å²) in [6.45, 7) is 5.37. The first kappa shape index (κ1) is 22.2. The molecule has 1 fully saturated rings. The Kier molecular flexibility index (Phi) is 6.25. The fourth-order valence-electron chi connectivity index (χ4n) is 4.77. The molecule has 7 nitrogen and oxygen atoms in total. The lowest BCUT2D eigenvalue weighted by molar-refractivity contribution is -0.118. The van der Waals surface area contributed by atoms with Crippen LogP contribution in [0.15, 0.2) is 42.7 Å². The molecule has 4 aromatic rings. The Morgan fingerprint density at radius 1 is 1.15 bits per heavy atom. The predicted molar refractivity (Wildman–Crippen MR) is 133 cm³/mol. The van der Waals surface area contributed by atoms with Crippen molar-refractivity contribution < 1.29 is 4.79 Å². The van der Waals surface area contributed by atoms with E-state index in [1.807, 2.05) is 30.3 Å². The van der Waals surface area contributed by atoms with Crippen molar-refractivity contribution in [3.63, 3.8) is 0 Å². The number of halogens is 1. The van der Waals surface area contributed by atoms with E-state index in [4.69, 9.17) is 17.3 Å². The molecule has 1 unspecified atom stereocenters. The Hall–Kier alpha value is -2.65. The maximum atomic E-state index is 12.2. The molecule has 9 heteroatoms. The highest BCUT2D eigenvalue weighted by atomic mass is 35.5. The topological polar surface area (TPSA) is 88.2 Å². The molecule has 5 rings (SSSR count). The lowest BCUT2D eigenvalue weighted by Crippen LogP contribution is -2.59. The monoisotopic (exact) mass is 480 g/mol. The van der Waals surface area contributed by atoms with Crippen molar-refractivity contribution in [2.24, 2.45) is 0 Å². The number of fused-ring (bicyclic) bond motifs is 2. The molecule has 0 radical (unpaired) electrons. The van der Waals surface area contributed by atoms with Gasteiger partial charge in [0.15, 0.2) is 0 Å². The molecule has 1 aliphatic rings. The second-order valence-electron chi connectivity index (χ2n) is 8.39. The molecule has 0 bridgehead atoms. The van der Waals surface area contributed by atoms with E-state index in [9.17, 15) is 4.79 Å². The van der Waals surface area contributed by atoms with Crippen LogP contribution in [0.1, 0.15) is 23.8 Å². The molecule has 0 amide bonds. The summed E-state index contributed by atoms with van der Waals surface area (Å²) in [6.07, 6.45) is 3.49. The van der Waals surface area contributed by atoms with Gasteiger partial charge in [-0.05, 0) is 42.3 Å². The van der Waals surface area contributed by atoms with E-state index in [1.54, 1.807) is 11.3 Å². The molecule has 0 aliphatic carbocycles. The van der Waals surface area contributed by atoms with Gasteiger partial charge in [0.2, 0.25) is 0 Å². The van der Waals surface area contributed by atoms with E-state index < -0.39 is 0 Å². The molecule has 3 aromatic heterocycles. The summed E-state index contributed by atoms with van der Waals surface area (Å²) in [5, 5.41) is 2.47. The van der Waals surface area contributed by atoms with Gasteiger partial charge in [-0.2, -0.15) is 0 Å². The maximum Gasteiger partial charge on any atom is 0.138 e. The quantitative estimate of drug-likeness (QED) is 0.327. The molecule has 1 aromatic carbocycles. The summed E-state index contributed by atoms with van der Waals surface area (Å²) in [7, 11) is 0. The zero-order chi connectivity index (χ0) is 22.9. The minimum absolute atomic E-state index is 0.149. The van der Waals surface area contributed by atoms with Gasteiger partial charge < -0.3 is 10.5 Å². The van der Waals surface area contributed by atoms with Crippen LogP contribution in [0.25, 0.3) is 21.1 Å². The Morgan fingerprint density at radius 3 is 2.82 bits per heavy atom. The average molecular weight is 481 g/mol. The third-order valence-electron chi connectivity index (χ3n) is 6.39. The molecular formula is C24H25ClN6OS. The van der Waals surface area contributed by atoms with Crippen molar-refractivity contribution in [2.45, 2.75) is 38.5 Å². The normalized spacial score (nSPS) is 19.9. The summed E-state index contributed by atoms with van der Waals surface area (Å²) in [5.41, 5.74) is 7.90. The Morgan fingerprint density at radius 2 is 2.00 bits per heavy atom. The molecule has 2 N–H and O–H groups in total. The number of aromatic nitrogens is 3. The second-order valence-corrected chi connectivity index (χ2v) is 9.90. The summed E-state index contributed by atoms with van der Waals surface area (Å²) in [5.74, 6) is 0.482. The minimum atomic E-state index is -0.170. The minimum Gasteiger partial charge on any atom is -0.383 e. The number of rotatable bonds is 6. The van der Waals surface area contributed by atoms with Gasteiger partial charge in [-0.15, -0.1) is 11.3 Å². The molecule has 0 spiro atoms. The van der Waals surface area contributed by atoms with Crippen molar-refractivity contribution in [1.29, 1.82) is 0 Å². The fraction of sp³-hybridized carbons (Fsp3) is 0.333. The van der Waals surface area contributed by atoms with Crippen molar-refractivity contribution in [1.82, 2.24) is 24.8 Å². The first-order valence-electron chi connectivity index (χ1n) is 11.0. The highest BCUT2D eigenvalue weighted by molar-refractivity contribution is 7.18. The molecule has 170 valence electrons.